The van der Waals surface area contributed by atoms with E-state index in [4.69, 9.17) is 21.3 Å². The van der Waals surface area contributed by atoms with E-state index in [0.717, 1.165) is 54.9 Å². The summed E-state index contributed by atoms with van der Waals surface area (Å²) in [6, 6.07) is 16.7. The average Bonchev–Trinajstić information content (AvgIpc) is 4.19. The Balaban J connectivity index is 0.762. The van der Waals surface area contributed by atoms with Crippen LogP contribution in [0, 0.1) is 33.6 Å². The lowest BCUT2D eigenvalue weighted by Crippen LogP contribution is -2.49. The molecular weight excluding hydrogens is 970 g/mol. The summed E-state index contributed by atoms with van der Waals surface area (Å²) in [5.74, 6) is 1.03. The first kappa shape index (κ1) is 49.0. The third-order valence-electron chi connectivity index (χ3n) is 13.9. The van der Waals surface area contributed by atoms with Crippen LogP contribution >= 0.6 is 34.3 Å². The second-order valence-electron chi connectivity index (χ2n) is 19.4. The highest BCUT2D eigenvalue weighted by atomic mass is 35.5. The van der Waals surface area contributed by atoms with Crippen molar-refractivity contribution in [1.82, 2.24) is 50.0 Å². The molecule has 1 saturated carbocycles. The predicted molar refractivity (Wildman–Crippen MR) is 278 cm³/mol. The molecule has 372 valence electrons. The van der Waals surface area contributed by atoms with E-state index >= 15 is 0 Å². The minimum absolute atomic E-state index is 0.0406. The van der Waals surface area contributed by atoms with Gasteiger partial charge >= 0.3 is 0 Å². The van der Waals surface area contributed by atoms with Gasteiger partial charge in [-0.1, -0.05) is 61.8 Å². The number of thiophene rings is 1. The molecule has 7 heterocycles. The van der Waals surface area contributed by atoms with Gasteiger partial charge in [0.05, 0.1) is 52.3 Å². The number of benzene rings is 2. The van der Waals surface area contributed by atoms with Crippen LogP contribution in [0.25, 0.3) is 26.7 Å². The van der Waals surface area contributed by atoms with Gasteiger partial charge in [-0.15, -0.1) is 32.9 Å². The molecule has 0 bridgehead atoms. The van der Waals surface area contributed by atoms with Crippen LogP contribution in [0.5, 0.6) is 5.75 Å². The number of hydrogen-bond donors (Lipinski definition) is 3. The number of pyridine rings is 1. The first-order valence-corrected chi connectivity index (χ1v) is 26.3. The summed E-state index contributed by atoms with van der Waals surface area (Å²) in [5, 5.41) is 32.3. The number of fused-ring (bicyclic) bond motifs is 3. The Morgan fingerprint density at radius 3 is 2.40 bits per heavy atom. The van der Waals surface area contributed by atoms with E-state index in [1.54, 1.807) is 52.0 Å². The number of carbonyl (C=O) groups excluding carboxylic acids is 3. The fourth-order valence-corrected chi connectivity index (χ4v) is 12.1. The zero-order valence-corrected chi connectivity index (χ0v) is 43.4. The molecule has 0 unspecified atom stereocenters. The van der Waals surface area contributed by atoms with Gasteiger partial charge in [0.2, 0.25) is 17.7 Å². The molecule has 72 heavy (non-hydrogen) atoms. The molecule has 2 fully saturated rings. The zero-order valence-electron chi connectivity index (χ0n) is 41.0. The maximum absolute atomic E-state index is 14.4. The Morgan fingerprint density at radius 2 is 1.68 bits per heavy atom. The molecule has 3 amide bonds. The number of aliphatic hydroxyl groups excluding tert-OH is 1. The Hall–Kier alpha value is -6.60. The molecule has 1 saturated heterocycles. The molecular formula is C53H56ClN11O5S2. The summed E-state index contributed by atoms with van der Waals surface area (Å²) in [7, 11) is 0. The largest absolute Gasteiger partial charge is 0.490 e. The minimum atomic E-state index is -0.846. The first-order chi connectivity index (χ1) is 34.6. The van der Waals surface area contributed by atoms with E-state index in [9.17, 15) is 19.5 Å². The third kappa shape index (κ3) is 9.72. The second kappa shape index (κ2) is 20.1. The normalized spacial score (nSPS) is 20.2. The molecule has 2 aromatic carbocycles. The van der Waals surface area contributed by atoms with Crippen LogP contribution in [0.15, 0.2) is 89.8 Å². The monoisotopic (exact) mass is 1030 g/mol. The smallest absolute Gasteiger partial charge is 0.248 e. The molecule has 0 radical (unpaired) electrons. The molecule has 7 aromatic rings. The van der Waals surface area contributed by atoms with E-state index in [1.807, 2.05) is 99.3 Å². The standard InChI is InChI=1S/C53H56ClN11O5S2/c1-27(2)48(52(69)63-25-39(66)20-44(63)51(68)58-29(4)33-8-10-35(11-9-33)49-30(5)56-26-71-49)64-24-36(23-57-64)42-21-40(16-17-55-42)70-41-18-38(19-41)59-45(67)22-43-50-62-61-32(7)65(50)53-46(28(3)31(6)72-53)47(60-43)34-12-14-37(54)15-13-34/h8-17,21,23-24,26-27,29,38-39,41,43-44,48,66H,18-20,22,25H2,1-7H3,(H,58,68)(H,59,67)/t29-,38?,39+,41?,43-,44-,48+/m0/s1. The number of carbonyl (C=O) groups is 3. The number of amides is 3. The van der Waals surface area contributed by atoms with Crippen molar-refractivity contribution >= 4 is 57.7 Å². The molecule has 3 aliphatic rings. The number of aliphatic imine (C=N–C) groups is 1. The van der Waals surface area contributed by atoms with Crippen molar-refractivity contribution < 1.29 is 24.2 Å². The van der Waals surface area contributed by atoms with Gasteiger partial charge in [0, 0.05) is 76.9 Å². The Bertz CT molecular complexity index is 3190. The topological polar surface area (TPSA) is 195 Å². The Morgan fingerprint density at radius 1 is 0.931 bits per heavy atom. The SMILES string of the molecule is Cc1ncsc1-c1ccc([C@H](C)NC(=O)[C@@H]2C[C@@H](O)CN2C(=O)[C@@H](C(C)C)n2cc(-c3cc(OC4CC(NC(=O)C[C@@H]5N=C(c6ccc(Cl)cc6)c6c(sc(C)c6C)-n6c(C)nnc65)C4)ccn3)cn2)cc1. The van der Waals surface area contributed by atoms with Crippen molar-refractivity contribution in [3.8, 4) is 32.4 Å². The van der Waals surface area contributed by atoms with Crippen molar-refractivity contribution in [3.63, 3.8) is 0 Å². The van der Waals surface area contributed by atoms with E-state index in [2.05, 4.69) is 49.7 Å². The molecule has 3 N–H and O–H groups in total. The zero-order chi connectivity index (χ0) is 50.5. The lowest BCUT2D eigenvalue weighted by Gasteiger charge is -2.36. The Labute approximate surface area is 430 Å². The molecule has 19 heteroatoms. The van der Waals surface area contributed by atoms with Crippen LogP contribution in [0.1, 0.15) is 109 Å². The number of nitrogens with zero attached hydrogens (tertiary/aromatic N) is 9. The number of hydrogen-bond acceptors (Lipinski definition) is 13. The number of nitrogens with one attached hydrogen (secondary N) is 2. The number of thiazole rings is 1. The van der Waals surface area contributed by atoms with E-state index in [0.29, 0.717) is 40.7 Å². The fraction of sp³-hybridized carbons (Fsp3) is 0.377. The number of aliphatic hydroxyl groups is 1. The maximum Gasteiger partial charge on any atom is 0.248 e. The number of halogens is 1. The molecule has 2 aliphatic heterocycles. The summed E-state index contributed by atoms with van der Waals surface area (Å²) >= 11 is 9.54. The highest BCUT2D eigenvalue weighted by Gasteiger charge is 2.43. The van der Waals surface area contributed by atoms with Crippen molar-refractivity contribution in [1.29, 1.82) is 0 Å². The summed E-state index contributed by atoms with van der Waals surface area (Å²) < 4.78 is 10.1. The number of rotatable bonds is 14. The number of β-amino-alcohol motifs (C(OH)–C–C–N with tert-alkyl or cyclic N) is 1. The number of aryl methyl sites for hydroxylation is 3. The van der Waals surface area contributed by atoms with E-state index < -0.39 is 24.2 Å². The molecule has 5 aromatic heterocycles. The average molecular weight is 1030 g/mol. The van der Waals surface area contributed by atoms with Gasteiger partial charge in [-0.25, -0.2) is 4.98 Å². The van der Waals surface area contributed by atoms with Gasteiger partial charge in [-0.05, 0) is 75.4 Å². The fourth-order valence-electron chi connectivity index (χ4n) is 9.91. The van der Waals surface area contributed by atoms with Gasteiger partial charge in [0.15, 0.2) is 5.82 Å². The highest BCUT2D eigenvalue weighted by molar-refractivity contribution is 7.15. The lowest BCUT2D eigenvalue weighted by molar-refractivity contribution is -0.142. The third-order valence-corrected chi connectivity index (χ3v) is 16.4. The molecule has 10 rings (SSSR count). The maximum atomic E-state index is 14.4. The van der Waals surface area contributed by atoms with Crippen molar-refractivity contribution in [3.05, 3.63) is 134 Å². The molecule has 0 spiro atoms. The highest BCUT2D eigenvalue weighted by Crippen LogP contribution is 2.40. The van der Waals surface area contributed by atoms with Crippen molar-refractivity contribution in [2.75, 3.05) is 6.54 Å². The van der Waals surface area contributed by atoms with Gasteiger partial charge < -0.3 is 25.4 Å². The summed E-state index contributed by atoms with van der Waals surface area (Å²) in [6.07, 6.45) is 5.63. The van der Waals surface area contributed by atoms with E-state index in [-0.39, 0.29) is 61.2 Å². The van der Waals surface area contributed by atoms with Gasteiger partial charge in [-0.3, -0.25) is 33.6 Å². The van der Waals surface area contributed by atoms with Crippen LogP contribution in [0.4, 0.5) is 0 Å². The first-order valence-electron chi connectivity index (χ1n) is 24.2. The van der Waals surface area contributed by atoms with E-state index in [1.165, 1.54) is 9.78 Å². The van der Waals surface area contributed by atoms with Gasteiger partial charge in [-0.2, -0.15) is 5.10 Å². The van der Waals surface area contributed by atoms with Crippen LogP contribution in [-0.2, 0) is 14.4 Å². The summed E-state index contributed by atoms with van der Waals surface area (Å²) in [4.78, 5) is 60.0. The lowest BCUT2D eigenvalue weighted by atomic mass is 9.89. The number of ether oxygens (including phenoxy) is 1. The predicted octanol–water partition coefficient (Wildman–Crippen LogP) is 8.64. The van der Waals surface area contributed by atoms with Crippen molar-refractivity contribution in [2.45, 2.75) is 117 Å². The molecule has 5 atom stereocenters. The quantitative estimate of drug-likeness (QED) is 0.0949. The van der Waals surface area contributed by atoms with Gasteiger partial charge in [0.1, 0.15) is 40.8 Å². The van der Waals surface area contributed by atoms with Crippen LogP contribution in [0.3, 0.4) is 0 Å². The van der Waals surface area contributed by atoms with Gasteiger partial charge in [0.25, 0.3) is 0 Å². The van der Waals surface area contributed by atoms with Crippen LogP contribution in [0.2, 0.25) is 5.02 Å². The number of likely N-dealkylation sites (tertiary alicyclic amines) is 1. The molecule has 16 nitrogen and oxygen atoms in total. The number of aromatic nitrogens is 7. The summed E-state index contributed by atoms with van der Waals surface area (Å²) in [5.41, 5.74) is 9.93. The summed E-state index contributed by atoms with van der Waals surface area (Å²) in [6.45, 7) is 13.9. The Kier molecular flexibility index (Phi) is 13.7. The second-order valence-corrected chi connectivity index (χ2v) is 21.9. The van der Waals surface area contributed by atoms with Crippen molar-refractivity contribution in [2.24, 2.45) is 10.9 Å². The van der Waals surface area contributed by atoms with Crippen LogP contribution < -0.4 is 15.4 Å². The molecule has 1 aliphatic carbocycles. The minimum Gasteiger partial charge on any atom is -0.490 e. The van der Waals surface area contributed by atoms with Crippen LogP contribution in [-0.4, -0.2) is 98.8 Å².